The number of aromatic nitrogens is 2. The van der Waals surface area contributed by atoms with E-state index in [9.17, 15) is 9.59 Å². The Bertz CT molecular complexity index is 997. The number of rotatable bonds is 3. The van der Waals surface area contributed by atoms with Gasteiger partial charge in [-0.15, -0.1) is 11.3 Å². The minimum atomic E-state index is 0.00747. The number of nitrogens with one attached hydrogen (secondary N) is 1. The van der Waals surface area contributed by atoms with Gasteiger partial charge in [0.2, 0.25) is 5.91 Å². The molecule has 1 aliphatic heterocycles. The van der Waals surface area contributed by atoms with Crippen LogP contribution >= 0.6 is 11.3 Å². The first kappa shape index (κ1) is 20.2. The topological polar surface area (TPSA) is 75.3 Å². The Morgan fingerprint density at radius 3 is 2.90 bits per heavy atom. The van der Waals surface area contributed by atoms with E-state index in [0.29, 0.717) is 6.54 Å². The van der Waals surface area contributed by atoms with Gasteiger partial charge in [-0.3, -0.25) is 9.59 Å². The number of likely N-dealkylation sites (tertiary alicyclic amines) is 1. The molecule has 3 heterocycles. The molecule has 5 rings (SSSR count). The zero-order valence-corrected chi connectivity index (χ0v) is 18.6. The third-order valence-corrected chi connectivity index (χ3v) is 8.46. The van der Waals surface area contributed by atoms with Crippen molar-refractivity contribution in [3.63, 3.8) is 0 Å². The fourth-order valence-electron chi connectivity index (χ4n) is 5.62. The molecule has 6 nitrogen and oxygen atoms in total. The van der Waals surface area contributed by atoms with Crippen LogP contribution in [0.15, 0.2) is 4.79 Å². The van der Waals surface area contributed by atoms with Crippen molar-refractivity contribution in [2.75, 3.05) is 20.2 Å². The summed E-state index contributed by atoms with van der Waals surface area (Å²) in [6, 6.07) is 0. The standard InChI is InChI=1S/C23H31N3O3S/c1-29-16-8-4-6-14(12-16)23(28)26-11-5-7-15(13-26)20-24-21(27)19-17-9-2-3-10-18(17)30-22(19)25-20/h14-16H,2-13H2,1H3,(H,24,25,27). The number of hydrogen-bond acceptors (Lipinski definition) is 5. The summed E-state index contributed by atoms with van der Waals surface area (Å²) in [6.07, 6.45) is 10.5. The minimum Gasteiger partial charge on any atom is -0.381 e. The van der Waals surface area contributed by atoms with E-state index in [0.717, 1.165) is 80.4 Å². The largest absolute Gasteiger partial charge is 0.381 e. The van der Waals surface area contributed by atoms with Gasteiger partial charge in [0, 0.05) is 36.9 Å². The Balaban J connectivity index is 1.36. The van der Waals surface area contributed by atoms with Gasteiger partial charge in [0.25, 0.3) is 5.56 Å². The number of amides is 1. The van der Waals surface area contributed by atoms with Crippen molar-refractivity contribution in [2.45, 2.75) is 76.2 Å². The van der Waals surface area contributed by atoms with Crippen LogP contribution < -0.4 is 5.56 Å². The van der Waals surface area contributed by atoms with Gasteiger partial charge < -0.3 is 14.6 Å². The number of thiophene rings is 1. The molecule has 0 aromatic carbocycles. The van der Waals surface area contributed by atoms with Gasteiger partial charge in [-0.2, -0.15) is 0 Å². The number of ether oxygens (including phenoxy) is 1. The van der Waals surface area contributed by atoms with E-state index in [1.54, 1.807) is 18.4 Å². The molecule has 1 amide bonds. The lowest BCUT2D eigenvalue weighted by molar-refractivity contribution is -0.139. The van der Waals surface area contributed by atoms with E-state index in [-0.39, 0.29) is 29.4 Å². The summed E-state index contributed by atoms with van der Waals surface area (Å²) in [5, 5.41) is 0.815. The molecule has 7 heteroatoms. The summed E-state index contributed by atoms with van der Waals surface area (Å²) in [5.41, 5.74) is 1.24. The number of piperidine rings is 1. The van der Waals surface area contributed by atoms with E-state index < -0.39 is 0 Å². The maximum Gasteiger partial charge on any atom is 0.259 e. The summed E-state index contributed by atoms with van der Waals surface area (Å²) in [7, 11) is 1.75. The van der Waals surface area contributed by atoms with Crippen molar-refractivity contribution in [3.05, 3.63) is 26.6 Å². The van der Waals surface area contributed by atoms with E-state index >= 15 is 0 Å². The van der Waals surface area contributed by atoms with Crippen LogP contribution in [0.1, 0.15) is 73.5 Å². The number of aryl methyl sites for hydroxylation is 2. The van der Waals surface area contributed by atoms with E-state index in [1.807, 2.05) is 4.90 Å². The molecule has 3 unspecified atom stereocenters. The first-order chi connectivity index (χ1) is 14.6. The van der Waals surface area contributed by atoms with Crippen molar-refractivity contribution >= 4 is 27.5 Å². The number of carbonyl (C=O) groups excluding carboxylic acids is 1. The summed E-state index contributed by atoms with van der Waals surface area (Å²) < 4.78 is 5.52. The number of hydrogen-bond donors (Lipinski definition) is 1. The number of H-pyrrole nitrogens is 1. The van der Waals surface area contributed by atoms with Crippen molar-refractivity contribution in [1.82, 2.24) is 14.9 Å². The van der Waals surface area contributed by atoms with Crippen molar-refractivity contribution in [3.8, 4) is 0 Å². The third kappa shape index (κ3) is 3.71. The van der Waals surface area contributed by atoms with Crippen LogP contribution in [0, 0.1) is 5.92 Å². The highest BCUT2D eigenvalue weighted by Crippen LogP contribution is 2.35. The van der Waals surface area contributed by atoms with E-state index in [4.69, 9.17) is 9.72 Å². The summed E-state index contributed by atoms with van der Waals surface area (Å²) >= 11 is 1.70. The Morgan fingerprint density at radius 2 is 2.03 bits per heavy atom. The summed E-state index contributed by atoms with van der Waals surface area (Å²) in [4.78, 5) is 38.3. The number of fused-ring (bicyclic) bond motifs is 3. The third-order valence-electron chi connectivity index (χ3n) is 7.27. The molecule has 3 atom stereocenters. The van der Waals surface area contributed by atoms with Crippen molar-refractivity contribution in [1.29, 1.82) is 0 Å². The molecule has 1 saturated carbocycles. The zero-order valence-electron chi connectivity index (χ0n) is 17.7. The second-order valence-corrected chi connectivity index (χ2v) is 10.3. The van der Waals surface area contributed by atoms with E-state index in [1.165, 1.54) is 16.9 Å². The number of nitrogens with zero attached hydrogens (tertiary/aromatic N) is 2. The molecule has 2 aliphatic carbocycles. The lowest BCUT2D eigenvalue weighted by Crippen LogP contribution is -2.44. The van der Waals surface area contributed by atoms with Crippen molar-refractivity contribution < 1.29 is 9.53 Å². The molecule has 0 bridgehead atoms. The monoisotopic (exact) mass is 429 g/mol. The summed E-state index contributed by atoms with van der Waals surface area (Å²) in [5.74, 6) is 1.21. The number of methoxy groups -OCH3 is 1. The van der Waals surface area contributed by atoms with Crippen LogP contribution in [0.25, 0.3) is 10.2 Å². The second kappa shape index (κ2) is 8.42. The van der Waals surface area contributed by atoms with Gasteiger partial charge in [0.05, 0.1) is 11.5 Å². The molecule has 2 fully saturated rings. The fourth-order valence-corrected chi connectivity index (χ4v) is 6.89. The van der Waals surface area contributed by atoms with Crippen molar-refractivity contribution in [2.24, 2.45) is 5.92 Å². The highest BCUT2D eigenvalue weighted by Gasteiger charge is 2.34. The lowest BCUT2D eigenvalue weighted by atomic mass is 9.85. The van der Waals surface area contributed by atoms with Gasteiger partial charge in [0.15, 0.2) is 0 Å². The molecule has 162 valence electrons. The smallest absolute Gasteiger partial charge is 0.259 e. The van der Waals surface area contributed by atoms with Crippen LogP contribution in [0.5, 0.6) is 0 Å². The average molecular weight is 430 g/mol. The summed E-state index contributed by atoms with van der Waals surface area (Å²) in [6.45, 7) is 1.47. The van der Waals surface area contributed by atoms with Gasteiger partial charge >= 0.3 is 0 Å². The SMILES string of the molecule is COC1CCCC(C(=O)N2CCCC(c3nc4sc5c(c4c(=O)[nH]3)CCCC5)C2)C1. The maximum atomic E-state index is 13.2. The first-order valence-corrected chi connectivity index (χ1v) is 12.3. The predicted octanol–water partition coefficient (Wildman–Crippen LogP) is 3.77. The molecule has 0 spiro atoms. The van der Waals surface area contributed by atoms with Crippen LogP contribution in [0.3, 0.4) is 0 Å². The fraction of sp³-hybridized carbons (Fsp3) is 0.696. The highest BCUT2D eigenvalue weighted by atomic mass is 32.1. The van der Waals surface area contributed by atoms with Crippen LogP contribution in [-0.4, -0.2) is 47.1 Å². The van der Waals surface area contributed by atoms with E-state index in [2.05, 4.69) is 4.98 Å². The normalized spacial score (nSPS) is 27.2. The van der Waals surface area contributed by atoms with Gasteiger partial charge in [-0.1, -0.05) is 6.42 Å². The Morgan fingerprint density at radius 1 is 1.17 bits per heavy atom. The molecule has 0 radical (unpaired) electrons. The lowest BCUT2D eigenvalue weighted by Gasteiger charge is -2.36. The molecule has 2 aromatic heterocycles. The minimum absolute atomic E-state index is 0.00747. The van der Waals surface area contributed by atoms with Crippen LogP contribution in [-0.2, 0) is 22.4 Å². The first-order valence-electron chi connectivity index (χ1n) is 11.5. The Kier molecular flexibility index (Phi) is 5.67. The molecular formula is C23H31N3O3S. The maximum absolute atomic E-state index is 13.2. The Labute approximate surface area is 181 Å². The quantitative estimate of drug-likeness (QED) is 0.806. The predicted molar refractivity (Wildman–Crippen MR) is 118 cm³/mol. The molecule has 3 aliphatic rings. The number of carbonyl (C=O) groups is 1. The highest BCUT2D eigenvalue weighted by molar-refractivity contribution is 7.18. The average Bonchev–Trinajstić information content (AvgIpc) is 3.17. The van der Waals surface area contributed by atoms with Gasteiger partial charge in [-0.05, 0) is 63.4 Å². The van der Waals surface area contributed by atoms with Crippen LogP contribution in [0.2, 0.25) is 0 Å². The number of aromatic amines is 1. The molecule has 2 aromatic rings. The molecular weight excluding hydrogens is 398 g/mol. The van der Waals surface area contributed by atoms with Gasteiger partial charge in [-0.25, -0.2) is 4.98 Å². The second-order valence-electron chi connectivity index (χ2n) is 9.19. The molecule has 1 N–H and O–H groups in total. The Hall–Kier alpha value is -1.73. The zero-order chi connectivity index (χ0) is 20.7. The van der Waals surface area contributed by atoms with Gasteiger partial charge in [0.1, 0.15) is 10.7 Å². The molecule has 30 heavy (non-hydrogen) atoms. The van der Waals surface area contributed by atoms with Crippen LogP contribution in [0.4, 0.5) is 0 Å². The molecule has 1 saturated heterocycles.